The molecule has 0 radical (unpaired) electrons. The first-order chi connectivity index (χ1) is 16.4. The third-order valence-electron chi connectivity index (χ3n) is 6.45. The van der Waals surface area contributed by atoms with Gasteiger partial charge in [0.05, 0.1) is 12.1 Å². The summed E-state index contributed by atoms with van der Waals surface area (Å²) in [4.78, 5) is 41.9. The number of hydrogen-bond donors (Lipinski definition) is 1. The maximum absolute atomic E-state index is 13.8. The Labute approximate surface area is 204 Å². The molecule has 1 N–H and O–H groups in total. The van der Waals surface area contributed by atoms with Crippen LogP contribution in [0.1, 0.15) is 66.0 Å². The van der Waals surface area contributed by atoms with Crippen LogP contribution in [0.4, 0.5) is 5.69 Å². The number of amides is 2. The molecule has 7 heteroatoms. The fourth-order valence-electron chi connectivity index (χ4n) is 4.61. The molecule has 4 rings (SSSR count). The lowest BCUT2D eigenvalue weighted by Gasteiger charge is -2.33. The van der Waals surface area contributed by atoms with Crippen molar-refractivity contribution in [3.8, 4) is 0 Å². The highest BCUT2D eigenvalue weighted by Crippen LogP contribution is 2.31. The monoisotopic (exact) mass is 477 g/mol. The van der Waals surface area contributed by atoms with Gasteiger partial charge in [-0.05, 0) is 67.6 Å². The second kappa shape index (κ2) is 10.8. The minimum Gasteiger partial charge on any atom is -0.352 e. The van der Waals surface area contributed by atoms with Crippen LogP contribution in [0.3, 0.4) is 0 Å². The van der Waals surface area contributed by atoms with E-state index in [0.717, 1.165) is 36.3 Å². The van der Waals surface area contributed by atoms with Gasteiger partial charge in [-0.1, -0.05) is 25.3 Å². The van der Waals surface area contributed by atoms with Crippen LogP contribution in [-0.2, 0) is 23.1 Å². The molecular weight excluding hydrogens is 446 g/mol. The summed E-state index contributed by atoms with van der Waals surface area (Å²) in [5.41, 5.74) is 1.90. The molecule has 1 aliphatic carbocycles. The highest BCUT2D eigenvalue weighted by molar-refractivity contribution is 7.10. The lowest BCUT2D eigenvalue weighted by atomic mass is 9.95. The Kier molecular flexibility index (Phi) is 7.63. The summed E-state index contributed by atoms with van der Waals surface area (Å²) in [5, 5.41) is 5.17. The normalized spacial score (nSPS) is 15.0. The van der Waals surface area contributed by atoms with Crippen LogP contribution in [0, 0.1) is 0 Å². The largest absolute Gasteiger partial charge is 0.352 e. The first kappa shape index (κ1) is 24.0. The molecule has 1 atom stereocenters. The fourth-order valence-corrected chi connectivity index (χ4v) is 5.31. The van der Waals surface area contributed by atoms with Gasteiger partial charge in [0.15, 0.2) is 11.8 Å². The number of aryl methyl sites for hydroxylation is 1. The second-order valence-electron chi connectivity index (χ2n) is 8.91. The molecule has 0 aliphatic heterocycles. The van der Waals surface area contributed by atoms with Crippen molar-refractivity contribution in [2.45, 2.75) is 57.5 Å². The SMILES string of the molecule is CC(=O)c1ccc(N(C(=O)Cc2cccs2)[C@H](C(=O)NC2CCCCC2)c2cccn2C)cc1. The number of aromatic nitrogens is 1. The summed E-state index contributed by atoms with van der Waals surface area (Å²) in [6.07, 6.45) is 7.41. The summed E-state index contributed by atoms with van der Waals surface area (Å²) in [5.74, 6) is -0.385. The van der Waals surface area contributed by atoms with Gasteiger partial charge >= 0.3 is 0 Å². The highest BCUT2D eigenvalue weighted by Gasteiger charge is 2.35. The van der Waals surface area contributed by atoms with Crippen molar-refractivity contribution < 1.29 is 14.4 Å². The number of carbonyl (C=O) groups excluding carboxylic acids is 3. The van der Waals surface area contributed by atoms with Crippen molar-refractivity contribution in [3.05, 3.63) is 76.2 Å². The van der Waals surface area contributed by atoms with Crippen LogP contribution in [-0.4, -0.2) is 28.2 Å². The van der Waals surface area contributed by atoms with Crippen molar-refractivity contribution in [3.63, 3.8) is 0 Å². The molecule has 3 aromatic rings. The number of carbonyl (C=O) groups is 3. The number of benzene rings is 1. The molecule has 6 nitrogen and oxygen atoms in total. The molecule has 178 valence electrons. The standard InChI is InChI=1S/C27H31N3O3S/c1-19(31)20-12-14-22(15-13-20)30(25(32)18-23-10-7-17-34-23)26(24-11-6-16-29(24)2)27(33)28-21-8-4-3-5-9-21/h6-7,10-17,21,26H,3-5,8-9,18H2,1-2H3,(H,28,33)/t26-/m0/s1. The van der Waals surface area contributed by atoms with Crippen molar-refractivity contribution in [2.24, 2.45) is 7.05 Å². The third-order valence-corrected chi connectivity index (χ3v) is 7.32. The minimum atomic E-state index is -0.822. The van der Waals surface area contributed by atoms with Gasteiger partial charge in [0.1, 0.15) is 0 Å². The molecule has 2 aromatic heterocycles. The number of ketones is 1. The van der Waals surface area contributed by atoms with Crippen LogP contribution in [0.5, 0.6) is 0 Å². The smallest absolute Gasteiger partial charge is 0.249 e. The van der Waals surface area contributed by atoms with E-state index >= 15 is 0 Å². The molecule has 34 heavy (non-hydrogen) atoms. The molecule has 0 bridgehead atoms. The van der Waals surface area contributed by atoms with E-state index in [1.54, 1.807) is 29.2 Å². The second-order valence-corrected chi connectivity index (χ2v) is 9.95. The van der Waals surface area contributed by atoms with Gasteiger partial charge in [0, 0.05) is 35.4 Å². The molecule has 0 unspecified atom stereocenters. The topological polar surface area (TPSA) is 71.4 Å². The quantitative estimate of drug-likeness (QED) is 0.461. The van der Waals surface area contributed by atoms with E-state index in [1.165, 1.54) is 24.7 Å². The molecule has 1 aromatic carbocycles. The van der Waals surface area contributed by atoms with E-state index in [9.17, 15) is 14.4 Å². The van der Waals surface area contributed by atoms with E-state index < -0.39 is 6.04 Å². The average Bonchev–Trinajstić information content (AvgIpc) is 3.49. The van der Waals surface area contributed by atoms with E-state index in [4.69, 9.17) is 0 Å². The molecule has 0 saturated heterocycles. The maximum Gasteiger partial charge on any atom is 0.249 e. The number of thiophene rings is 1. The van der Waals surface area contributed by atoms with E-state index in [1.807, 2.05) is 47.5 Å². The summed E-state index contributed by atoms with van der Waals surface area (Å²) in [6, 6.07) is 13.9. The summed E-state index contributed by atoms with van der Waals surface area (Å²) < 4.78 is 1.89. The van der Waals surface area contributed by atoms with Gasteiger partial charge in [-0.25, -0.2) is 0 Å². The predicted octanol–water partition coefficient (Wildman–Crippen LogP) is 5.06. The molecule has 1 fully saturated rings. The predicted molar refractivity (Wildman–Crippen MR) is 135 cm³/mol. The van der Waals surface area contributed by atoms with Crippen LogP contribution in [0.2, 0.25) is 0 Å². The molecule has 1 aliphatic rings. The lowest BCUT2D eigenvalue weighted by molar-refractivity contribution is -0.127. The number of anilines is 1. The highest BCUT2D eigenvalue weighted by atomic mass is 32.1. The Morgan fingerprint density at radius 1 is 1.06 bits per heavy atom. The van der Waals surface area contributed by atoms with Crippen molar-refractivity contribution in [2.75, 3.05) is 4.90 Å². The van der Waals surface area contributed by atoms with Crippen LogP contribution in [0.25, 0.3) is 0 Å². The Morgan fingerprint density at radius 3 is 2.38 bits per heavy atom. The Hall–Kier alpha value is -3.19. The zero-order valence-corrected chi connectivity index (χ0v) is 20.5. The minimum absolute atomic E-state index is 0.0444. The Bertz CT molecular complexity index is 1130. The fraction of sp³-hybridized carbons (Fsp3) is 0.370. The summed E-state index contributed by atoms with van der Waals surface area (Å²) >= 11 is 1.52. The number of nitrogens with zero attached hydrogens (tertiary/aromatic N) is 2. The van der Waals surface area contributed by atoms with E-state index in [0.29, 0.717) is 11.3 Å². The molecule has 0 spiro atoms. The van der Waals surface area contributed by atoms with Gasteiger partial charge in [0.2, 0.25) is 11.8 Å². The lowest BCUT2D eigenvalue weighted by Crippen LogP contribution is -2.48. The van der Waals surface area contributed by atoms with Crippen LogP contribution in [0.15, 0.2) is 60.1 Å². The summed E-state index contributed by atoms with van der Waals surface area (Å²) in [6.45, 7) is 1.51. The molecule has 2 amide bonds. The molecular formula is C27H31N3O3S. The Balaban J connectivity index is 1.74. The molecule has 1 saturated carbocycles. The number of Topliss-reactive ketones (excluding diaryl/α,β-unsaturated/α-hetero) is 1. The first-order valence-electron chi connectivity index (χ1n) is 11.8. The zero-order chi connectivity index (χ0) is 24.1. The number of hydrogen-bond acceptors (Lipinski definition) is 4. The summed E-state index contributed by atoms with van der Waals surface area (Å²) in [7, 11) is 1.89. The zero-order valence-electron chi connectivity index (χ0n) is 19.7. The maximum atomic E-state index is 13.8. The Morgan fingerprint density at radius 2 is 1.79 bits per heavy atom. The van der Waals surface area contributed by atoms with Gasteiger partial charge in [0.25, 0.3) is 0 Å². The van der Waals surface area contributed by atoms with Crippen molar-refractivity contribution >= 4 is 34.6 Å². The van der Waals surface area contributed by atoms with Crippen molar-refractivity contribution in [1.29, 1.82) is 0 Å². The number of rotatable bonds is 8. The van der Waals surface area contributed by atoms with Crippen LogP contribution < -0.4 is 10.2 Å². The van der Waals surface area contributed by atoms with Gasteiger partial charge in [-0.2, -0.15) is 0 Å². The van der Waals surface area contributed by atoms with Crippen molar-refractivity contribution in [1.82, 2.24) is 9.88 Å². The van der Waals surface area contributed by atoms with Crippen LogP contribution >= 0.6 is 11.3 Å². The number of nitrogens with one attached hydrogen (secondary N) is 1. The average molecular weight is 478 g/mol. The van der Waals surface area contributed by atoms with Gasteiger partial charge in [-0.3, -0.25) is 19.3 Å². The third kappa shape index (κ3) is 5.47. The first-order valence-corrected chi connectivity index (χ1v) is 12.7. The van der Waals surface area contributed by atoms with Gasteiger partial charge < -0.3 is 9.88 Å². The van der Waals surface area contributed by atoms with Gasteiger partial charge in [-0.15, -0.1) is 11.3 Å². The molecule has 2 heterocycles. The van der Waals surface area contributed by atoms with E-state index in [2.05, 4.69) is 5.32 Å². The van der Waals surface area contributed by atoms with E-state index in [-0.39, 0.29) is 30.1 Å².